The molecule has 184 valence electrons. The number of thioether (sulfide) groups is 1. The average molecular weight is 586 g/mol. The van der Waals surface area contributed by atoms with Gasteiger partial charge in [0.1, 0.15) is 5.75 Å². The van der Waals surface area contributed by atoms with E-state index in [-0.39, 0.29) is 29.2 Å². The largest absolute Gasteiger partial charge is 0.483 e. The normalized spacial score (nSPS) is 14.4. The molecule has 0 spiro atoms. The van der Waals surface area contributed by atoms with Crippen LogP contribution in [0.15, 0.2) is 70.0 Å². The van der Waals surface area contributed by atoms with Crippen LogP contribution in [0.25, 0.3) is 6.08 Å². The number of amides is 3. The highest BCUT2D eigenvalue weighted by Crippen LogP contribution is 2.35. The third kappa shape index (κ3) is 6.37. The Balaban J connectivity index is 1.48. The molecular weight excluding hydrogens is 564 g/mol. The molecule has 6 nitrogen and oxygen atoms in total. The van der Waals surface area contributed by atoms with Crippen molar-refractivity contribution in [2.75, 3.05) is 11.9 Å². The van der Waals surface area contributed by atoms with E-state index in [4.69, 9.17) is 16.3 Å². The van der Waals surface area contributed by atoms with Gasteiger partial charge in [-0.15, -0.1) is 0 Å². The monoisotopic (exact) mass is 584 g/mol. The van der Waals surface area contributed by atoms with Crippen LogP contribution in [0.4, 0.5) is 10.5 Å². The molecule has 1 aliphatic rings. The first-order valence-electron chi connectivity index (χ1n) is 11.0. The molecule has 1 aliphatic heterocycles. The van der Waals surface area contributed by atoms with Crippen LogP contribution in [0.2, 0.25) is 5.02 Å². The third-order valence-corrected chi connectivity index (χ3v) is 7.06. The lowest BCUT2D eigenvalue weighted by molar-refractivity contribution is -0.123. The number of halogens is 2. The molecule has 0 aliphatic carbocycles. The van der Waals surface area contributed by atoms with Crippen LogP contribution in [-0.4, -0.2) is 28.6 Å². The summed E-state index contributed by atoms with van der Waals surface area (Å²) in [7, 11) is 0. The van der Waals surface area contributed by atoms with Gasteiger partial charge in [-0.05, 0) is 84.8 Å². The maximum absolute atomic E-state index is 13.0. The molecule has 3 aromatic carbocycles. The lowest BCUT2D eigenvalue weighted by Crippen LogP contribution is -2.27. The van der Waals surface area contributed by atoms with E-state index in [1.54, 1.807) is 48.5 Å². The number of nitrogens with zero attached hydrogens (tertiary/aromatic N) is 1. The fourth-order valence-corrected chi connectivity index (χ4v) is 4.85. The van der Waals surface area contributed by atoms with Crippen LogP contribution >= 0.6 is 39.3 Å². The van der Waals surface area contributed by atoms with Crippen LogP contribution in [0.3, 0.4) is 0 Å². The van der Waals surface area contributed by atoms with Crippen molar-refractivity contribution in [3.05, 3.63) is 97.3 Å². The summed E-state index contributed by atoms with van der Waals surface area (Å²) in [6, 6.07) is 18.1. The van der Waals surface area contributed by atoms with E-state index in [1.807, 2.05) is 32.0 Å². The zero-order valence-corrected chi connectivity index (χ0v) is 22.7. The van der Waals surface area contributed by atoms with Crippen LogP contribution < -0.4 is 10.1 Å². The number of imide groups is 1. The average Bonchev–Trinajstić information content (AvgIpc) is 3.09. The number of ether oxygens (including phenoxy) is 1. The fraction of sp³-hybridized carbons (Fsp3) is 0.148. The summed E-state index contributed by atoms with van der Waals surface area (Å²) in [5.74, 6) is -0.279. The first kappa shape index (κ1) is 26.0. The maximum Gasteiger partial charge on any atom is 0.293 e. The molecule has 0 bridgehead atoms. The predicted molar refractivity (Wildman–Crippen MR) is 147 cm³/mol. The minimum absolute atomic E-state index is 0.152. The van der Waals surface area contributed by atoms with Gasteiger partial charge in [0.15, 0.2) is 6.61 Å². The summed E-state index contributed by atoms with van der Waals surface area (Å²) in [6.07, 6.45) is 1.61. The Morgan fingerprint density at radius 3 is 2.58 bits per heavy atom. The molecule has 0 radical (unpaired) electrons. The molecule has 0 saturated carbocycles. The Bertz CT molecular complexity index is 1370. The number of hydrogen-bond donors (Lipinski definition) is 1. The number of benzene rings is 3. The number of carbonyl (C=O) groups is 3. The van der Waals surface area contributed by atoms with E-state index in [9.17, 15) is 14.4 Å². The van der Waals surface area contributed by atoms with E-state index >= 15 is 0 Å². The Kier molecular flexibility index (Phi) is 8.18. The topological polar surface area (TPSA) is 75.7 Å². The Labute approximate surface area is 226 Å². The molecule has 0 unspecified atom stereocenters. The van der Waals surface area contributed by atoms with Gasteiger partial charge < -0.3 is 10.1 Å². The van der Waals surface area contributed by atoms with Gasteiger partial charge in [-0.1, -0.05) is 51.8 Å². The van der Waals surface area contributed by atoms with Gasteiger partial charge in [0, 0.05) is 20.7 Å². The Hall–Kier alpha value is -3.07. The van der Waals surface area contributed by atoms with Gasteiger partial charge >= 0.3 is 0 Å². The molecule has 1 heterocycles. The molecule has 9 heteroatoms. The van der Waals surface area contributed by atoms with Crippen molar-refractivity contribution in [1.82, 2.24) is 4.90 Å². The number of rotatable bonds is 7. The zero-order chi connectivity index (χ0) is 25.8. The highest BCUT2D eigenvalue weighted by Gasteiger charge is 2.35. The summed E-state index contributed by atoms with van der Waals surface area (Å²) in [5.41, 5.74) is 4.09. The first-order valence-corrected chi connectivity index (χ1v) is 13.0. The van der Waals surface area contributed by atoms with Gasteiger partial charge in [-0.2, -0.15) is 0 Å². The third-order valence-electron chi connectivity index (χ3n) is 5.41. The van der Waals surface area contributed by atoms with Gasteiger partial charge in [0.25, 0.3) is 17.1 Å². The van der Waals surface area contributed by atoms with E-state index in [2.05, 4.69) is 21.2 Å². The SMILES string of the molecule is Cc1ccc(C)c(NC(=O)COc2ccc(Br)cc2/C=C2\SC(=O)N(Cc3ccc(Cl)cc3)C2=O)c1. The molecule has 1 saturated heterocycles. The zero-order valence-electron chi connectivity index (χ0n) is 19.5. The van der Waals surface area contributed by atoms with Crippen molar-refractivity contribution < 1.29 is 19.1 Å². The van der Waals surface area contributed by atoms with Crippen LogP contribution in [0, 0.1) is 13.8 Å². The molecule has 0 aromatic heterocycles. The fourth-order valence-electron chi connectivity index (χ4n) is 3.51. The van der Waals surface area contributed by atoms with Crippen molar-refractivity contribution in [2.45, 2.75) is 20.4 Å². The molecule has 0 atom stereocenters. The van der Waals surface area contributed by atoms with Gasteiger partial charge in [-0.3, -0.25) is 19.3 Å². The molecule has 36 heavy (non-hydrogen) atoms. The summed E-state index contributed by atoms with van der Waals surface area (Å²) < 4.78 is 6.56. The standard InChI is InChI=1S/C27H22BrClN2O4S/c1-16-3-4-17(2)22(11-16)30-25(32)15-35-23-10-7-20(28)12-19(23)13-24-26(33)31(27(34)36-24)14-18-5-8-21(29)9-6-18/h3-13H,14-15H2,1-2H3,(H,30,32)/b24-13-. The molecule has 3 amide bonds. The maximum atomic E-state index is 13.0. The smallest absolute Gasteiger partial charge is 0.293 e. The highest BCUT2D eigenvalue weighted by molar-refractivity contribution is 9.10. The second-order valence-electron chi connectivity index (χ2n) is 8.23. The van der Waals surface area contributed by atoms with Crippen LogP contribution in [0.5, 0.6) is 5.75 Å². The number of hydrogen-bond acceptors (Lipinski definition) is 5. The molecule has 1 fully saturated rings. The van der Waals surface area contributed by atoms with Crippen molar-refractivity contribution in [3.8, 4) is 5.75 Å². The number of anilines is 1. The summed E-state index contributed by atoms with van der Waals surface area (Å²) in [5, 5.41) is 3.09. The van der Waals surface area contributed by atoms with Gasteiger partial charge in [0.2, 0.25) is 0 Å². The highest BCUT2D eigenvalue weighted by atomic mass is 79.9. The molecule has 3 aromatic rings. The number of aryl methyl sites for hydroxylation is 2. The Morgan fingerprint density at radius 1 is 1.08 bits per heavy atom. The van der Waals surface area contributed by atoms with E-state index in [0.717, 1.165) is 38.6 Å². The lowest BCUT2D eigenvalue weighted by atomic mass is 10.1. The predicted octanol–water partition coefficient (Wildman–Crippen LogP) is 6.97. The minimum Gasteiger partial charge on any atom is -0.483 e. The number of nitrogens with one attached hydrogen (secondary N) is 1. The molecule has 1 N–H and O–H groups in total. The van der Waals surface area contributed by atoms with Crippen LogP contribution in [-0.2, 0) is 16.1 Å². The second-order valence-corrected chi connectivity index (χ2v) is 10.6. The first-order chi connectivity index (χ1) is 17.2. The van der Waals surface area contributed by atoms with Crippen molar-refractivity contribution in [3.63, 3.8) is 0 Å². The van der Waals surface area contributed by atoms with Crippen molar-refractivity contribution >= 4 is 68.1 Å². The summed E-state index contributed by atoms with van der Waals surface area (Å²) in [6.45, 7) is 3.81. The Morgan fingerprint density at radius 2 is 1.83 bits per heavy atom. The lowest BCUT2D eigenvalue weighted by Gasteiger charge is -2.13. The number of carbonyl (C=O) groups excluding carboxylic acids is 3. The molecular formula is C27H22BrClN2O4S. The van der Waals surface area contributed by atoms with E-state index < -0.39 is 5.91 Å². The van der Waals surface area contributed by atoms with Gasteiger partial charge in [-0.25, -0.2) is 0 Å². The van der Waals surface area contributed by atoms with Crippen LogP contribution in [0.1, 0.15) is 22.3 Å². The van der Waals surface area contributed by atoms with Gasteiger partial charge in [0.05, 0.1) is 11.4 Å². The van der Waals surface area contributed by atoms with E-state index in [1.165, 1.54) is 4.90 Å². The quantitative estimate of drug-likeness (QED) is 0.303. The van der Waals surface area contributed by atoms with Crippen molar-refractivity contribution in [1.29, 1.82) is 0 Å². The summed E-state index contributed by atoms with van der Waals surface area (Å²) >= 11 is 10.2. The van der Waals surface area contributed by atoms with Crippen molar-refractivity contribution in [2.24, 2.45) is 0 Å². The second kappa shape index (κ2) is 11.3. The minimum atomic E-state index is -0.390. The molecule has 4 rings (SSSR count). The summed E-state index contributed by atoms with van der Waals surface area (Å²) in [4.78, 5) is 39.5. The van der Waals surface area contributed by atoms with E-state index in [0.29, 0.717) is 16.3 Å².